The van der Waals surface area contributed by atoms with E-state index in [1.54, 1.807) is 12.1 Å². The van der Waals surface area contributed by atoms with Gasteiger partial charge in [-0.05, 0) is 12.1 Å². The third-order valence-corrected chi connectivity index (χ3v) is 2.67. The number of methoxy groups -OCH3 is 3. The fourth-order valence-corrected chi connectivity index (χ4v) is 1.83. The van der Waals surface area contributed by atoms with Crippen molar-refractivity contribution in [1.29, 1.82) is 0 Å². The fraction of sp³-hybridized carbons (Fsp3) is 0.231. The van der Waals surface area contributed by atoms with Crippen LogP contribution in [0.3, 0.4) is 0 Å². The topological polar surface area (TPSA) is 73.4 Å². The fourth-order valence-electron chi connectivity index (χ4n) is 1.83. The van der Waals surface area contributed by atoms with E-state index in [4.69, 9.17) is 14.2 Å². The minimum atomic E-state index is -0.298. The normalized spacial score (nSPS) is 10.1. The number of nitrogens with one attached hydrogen (secondary N) is 1. The van der Waals surface area contributed by atoms with Gasteiger partial charge in [-0.3, -0.25) is 4.79 Å². The highest BCUT2D eigenvalue weighted by Gasteiger charge is 2.19. The Morgan fingerprint density at radius 1 is 1.05 bits per heavy atom. The van der Waals surface area contributed by atoms with Crippen LogP contribution in [0.1, 0.15) is 0 Å². The van der Waals surface area contributed by atoms with Crippen molar-refractivity contribution < 1.29 is 14.2 Å². The predicted octanol–water partition coefficient (Wildman–Crippen LogP) is 1.46. The van der Waals surface area contributed by atoms with Gasteiger partial charge in [0, 0.05) is 12.4 Å². The molecule has 6 nitrogen and oxygen atoms in total. The number of H-pyrrole nitrogens is 1. The lowest BCUT2D eigenvalue weighted by atomic mass is 10.1. The maximum Gasteiger partial charge on any atom is 0.274 e. The average molecular weight is 262 g/mol. The molecule has 6 heteroatoms. The molecule has 0 fully saturated rings. The van der Waals surface area contributed by atoms with E-state index in [0.717, 1.165) is 0 Å². The van der Waals surface area contributed by atoms with E-state index in [-0.39, 0.29) is 11.3 Å². The lowest BCUT2D eigenvalue weighted by Crippen LogP contribution is -2.10. The van der Waals surface area contributed by atoms with Gasteiger partial charge in [0.1, 0.15) is 5.69 Å². The molecule has 1 aromatic heterocycles. The van der Waals surface area contributed by atoms with E-state index in [9.17, 15) is 4.79 Å². The van der Waals surface area contributed by atoms with Crippen LogP contribution in [0.15, 0.2) is 29.3 Å². The number of aromatic nitrogens is 2. The molecular formula is C13H14N2O4. The summed E-state index contributed by atoms with van der Waals surface area (Å²) in [5, 5.41) is 0. The highest BCUT2D eigenvalue weighted by atomic mass is 16.5. The van der Waals surface area contributed by atoms with Gasteiger partial charge in [0.25, 0.3) is 5.56 Å². The van der Waals surface area contributed by atoms with Crippen LogP contribution in [-0.2, 0) is 0 Å². The van der Waals surface area contributed by atoms with Crippen molar-refractivity contribution >= 4 is 0 Å². The first-order chi connectivity index (χ1) is 9.22. The van der Waals surface area contributed by atoms with Gasteiger partial charge in [-0.1, -0.05) is 0 Å². The van der Waals surface area contributed by atoms with E-state index in [2.05, 4.69) is 9.97 Å². The van der Waals surface area contributed by atoms with Gasteiger partial charge < -0.3 is 19.2 Å². The highest BCUT2D eigenvalue weighted by Crippen LogP contribution is 2.42. The number of hydrogen-bond acceptors (Lipinski definition) is 5. The second-order valence-corrected chi connectivity index (χ2v) is 3.65. The molecule has 100 valence electrons. The van der Waals surface area contributed by atoms with Gasteiger partial charge in [-0.15, -0.1) is 0 Å². The van der Waals surface area contributed by atoms with E-state index in [1.807, 2.05) is 0 Å². The van der Waals surface area contributed by atoms with Gasteiger partial charge in [0.15, 0.2) is 11.5 Å². The number of aromatic amines is 1. The van der Waals surface area contributed by atoms with Crippen molar-refractivity contribution in [3.63, 3.8) is 0 Å². The molecular weight excluding hydrogens is 248 g/mol. The van der Waals surface area contributed by atoms with E-state index >= 15 is 0 Å². The first-order valence-corrected chi connectivity index (χ1v) is 5.56. The van der Waals surface area contributed by atoms with Crippen LogP contribution < -0.4 is 19.8 Å². The van der Waals surface area contributed by atoms with Crippen LogP contribution in [0, 0.1) is 0 Å². The largest absolute Gasteiger partial charge is 0.493 e. The van der Waals surface area contributed by atoms with E-state index in [0.29, 0.717) is 22.8 Å². The Hall–Kier alpha value is -2.50. The monoisotopic (exact) mass is 262 g/mol. The van der Waals surface area contributed by atoms with Crippen LogP contribution in [-0.4, -0.2) is 31.3 Å². The molecule has 0 saturated heterocycles. The summed E-state index contributed by atoms with van der Waals surface area (Å²) in [6, 6.07) is 3.41. The van der Waals surface area contributed by atoms with Crippen molar-refractivity contribution in [3.05, 3.63) is 34.9 Å². The Balaban J connectivity index is 2.72. The van der Waals surface area contributed by atoms with Crippen molar-refractivity contribution in [2.45, 2.75) is 0 Å². The van der Waals surface area contributed by atoms with E-state index in [1.165, 1.54) is 33.7 Å². The summed E-state index contributed by atoms with van der Waals surface area (Å²) >= 11 is 0. The van der Waals surface area contributed by atoms with Gasteiger partial charge in [0.2, 0.25) is 5.75 Å². The number of ether oxygens (including phenoxy) is 3. The highest BCUT2D eigenvalue weighted by molar-refractivity contribution is 5.73. The van der Waals surface area contributed by atoms with Crippen molar-refractivity contribution in [2.75, 3.05) is 21.3 Å². The zero-order valence-electron chi connectivity index (χ0n) is 10.9. The number of hydrogen-bond donors (Lipinski definition) is 1. The molecule has 0 aliphatic heterocycles. The van der Waals surface area contributed by atoms with Crippen LogP contribution in [0.25, 0.3) is 11.3 Å². The summed E-state index contributed by atoms with van der Waals surface area (Å²) in [5.41, 5.74) is 0.510. The summed E-state index contributed by atoms with van der Waals surface area (Å²) < 4.78 is 15.8. The molecule has 0 radical (unpaired) electrons. The molecule has 19 heavy (non-hydrogen) atoms. The zero-order valence-corrected chi connectivity index (χ0v) is 10.9. The van der Waals surface area contributed by atoms with Crippen molar-refractivity contribution in [2.24, 2.45) is 0 Å². The van der Waals surface area contributed by atoms with Crippen LogP contribution >= 0.6 is 0 Å². The quantitative estimate of drug-likeness (QED) is 0.903. The standard InChI is InChI=1S/C13H14N2O4/c1-17-9-5-4-8(11(18-2)12(9)19-3)10-13(16)15-7-6-14-10/h4-7H,1-3H3,(H,15,16). The third-order valence-electron chi connectivity index (χ3n) is 2.67. The lowest BCUT2D eigenvalue weighted by molar-refractivity contribution is 0.325. The summed E-state index contributed by atoms with van der Waals surface area (Å²) in [6.45, 7) is 0. The number of benzene rings is 1. The summed E-state index contributed by atoms with van der Waals surface area (Å²) in [6.07, 6.45) is 2.98. The molecule has 0 aliphatic rings. The number of rotatable bonds is 4. The van der Waals surface area contributed by atoms with Gasteiger partial charge >= 0.3 is 0 Å². The van der Waals surface area contributed by atoms with Crippen molar-refractivity contribution in [3.8, 4) is 28.5 Å². The molecule has 0 atom stereocenters. The lowest BCUT2D eigenvalue weighted by Gasteiger charge is -2.14. The average Bonchev–Trinajstić information content (AvgIpc) is 2.46. The molecule has 0 spiro atoms. The minimum absolute atomic E-state index is 0.264. The second-order valence-electron chi connectivity index (χ2n) is 3.65. The van der Waals surface area contributed by atoms with E-state index < -0.39 is 0 Å². The maximum absolute atomic E-state index is 11.8. The molecule has 0 aliphatic carbocycles. The maximum atomic E-state index is 11.8. The summed E-state index contributed by atoms with van der Waals surface area (Å²) in [5.74, 6) is 1.36. The molecule has 1 N–H and O–H groups in total. The Morgan fingerprint density at radius 2 is 1.79 bits per heavy atom. The molecule has 2 rings (SSSR count). The molecule has 1 aromatic carbocycles. The predicted molar refractivity (Wildman–Crippen MR) is 69.9 cm³/mol. The summed E-state index contributed by atoms with van der Waals surface area (Å²) in [7, 11) is 4.54. The van der Waals surface area contributed by atoms with Crippen molar-refractivity contribution in [1.82, 2.24) is 9.97 Å². The molecule has 1 heterocycles. The molecule has 2 aromatic rings. The SMILES string of the molecule is COc1ccc(-c2ncc[nH]c2=O)c(OC)c1OC. The zero-order chi connectivity index (χ0) is 13.8. The first kappa shape index (κ1) is 12.9. The van der Waals surface area contributed by atoms with Gasteiger partial charge in [-0.25, -0.2) is 4.98 Å². The molecule has 0 bridgehead atoms. The second kappa shape index (κ2) is 5.43. The van der Waals surface area contributed by atoms with Crippen LogP contribution in [0.4, 0.5) is 0 Å². The molecule has 0 saturated carbocycles. The Kier molecular flexibility index (Phi) is 3.70. The third kappa shape index (κ3) is 2.24. The van der Waals surface area contributed by atoms with Gasteiger partial charge in [0.05, 0.1) is 26.9 Å². The van der Waals surface area contributed by atoms with Crippen LogP contribution in [0.5, 0.6) is 17.2 Å². The smallest absolute Gasteiger partial charge is 0.274 e. The Morgan fingerprint density at radius 3 is 2.37 bits per heavy atom. The molecule has 0 amide bonds. The first-order valence-electron chi connectivity index (χ1n) is 5.56. The number of nitrogens with zero attached hydrogens (tertiary/aromatic N) is 1. The Bertz CT molecular complexity index is 637. The molecule has 0 unspecified atom stereocenters. The summed E-state index contributed by atoms with van der Waals surface area (Å²) in [4.78, 5) is 18.4. The Labute approximate surface area is 110 Å². The van der Waals surface area contributed by atoms with Crippen LogP contribution in [0.2, 0.25) is 0 Å². The minimum Gasteiger partial charge on any atom is -0.493 e. The van der Waals surface area contributed by atoms with Gasteiger partial charge in [-0.2, -0.15) is 0 Å².